The topological polar surface area (TPSA) is 24.9 Å². The molecule has 1 aromatic heterocycles. The van der Waals surface area contributed by atoms with Crippen molar-refractivity contribution in [3.8, 4) is 0 Å². The lowest BCUT2D eigenvalue weighted by Gasteiger charge is -2.20. The molecule has 18 heavy (non-hydrogen) atoms. The van der Waals surface area contributed by atoms with Crippen LogP contribution in [0.5, 0.6) is 0 Å². The molecule has 1 aromatic rings. The van der Waals surface area contributed by atoms with E-state index < -0.39 is 0 Å². The lowest BCUT2D eigenvalue weighted by Crippen LogP contribution is -2.34. The maximum Gasteiger partial charge on any atom is 0.0684 e. The second-order valence-electron chi connectivity index (χ2n) is 4.49. The number of rotatable bonds is 5. The number of halogens is 2. The van der Waals surface area contributed by atoms with E-state index in [1.54, 1.807) is 0 Å². The van der Waals surface area contributed by atoms with Gasteiger partial charge in [-0.3, -0.25) is 4.98 Å². The number of aromatic nitrogens is 1. The van der Waals surface area contributed by atoms with Crippen LogP contribution in [0.15, 0.2) is 21.2 Å². The molecule has 0 saturated heterocycles. The van der Waals surface area contributed by atoms with Crippen LogP contribution < -0.4 is 5.32 Å². The van der Waals surface area contributed by atoms with Gasteiger partial charge in [-0.05, 0) is 56.5 Å². The fourth-order valence-electron chi connectivity index (χ4n) is 2.37. The van der Waals surface area contributed by atoms with Crippen molar-refractivity contribution in [3.63, 3.8) is 0 Å². The molecule has 1 N–H and O–H groups in total. The molecule has 0 bridgehead atoms. The van der Waals surface area contributed by atoms with Gasteiger partial charge in [0.2, 0.25) is 0 Å². The van der Waals surface area contributed by atoms with E-state index in [0.29, 0.717) is 6.04 Å². The van der Waals surface area contributed by atoms with Gasteiger partial charge in [0.15, 0.2) is 0 Å². The largest absolute Gasteiger partial charge is 0.307 e. The van der Waals surface area contributed by atoms with Gasteiger partial charge < -0.3 is 5.32 Å². The Hall–Kier alpha value is 0.420. The summed E-state index contributed by atoms with van der Waals surface area (Å²) in [6.07, 6.45) is 5.86. The fraction of sp³-hybridized carbons (Fsp3) is 0.615. The maximum absolute atomic E-state index is 4.45. The van der Waals surface area contributed by atoms with E-state index in [1.165, 1.54) is 25.0 Å². The van der Waals surface area contributed by atoms with Crippen LogP contribution in [0.3, 0.4) is 0 Å². The first-order chi connectivity index (χ1) is 8.70. The maximum atomic E-state index is 4.45. The molecule has 100 valence electrons. The van der Waals surface area contributed by atoms with Gasteiger partial charge in [0.05, 0.1) is 5.69 Å². The Kier molecular flexibility index (Phi) is 5.98. The number of hydrogen-bond donors (Lipinski definition) is 1. The Labute approximate surface area is 130 Å². The lowest BCUT2D eigenvalue weighted by atomic mass is 10.2. The molecule has 0 spiro atoms. The van der Waals surface area contributed by atoms with Crippen LogP contribution in [0.25, 0.3) is 0 Å². The number of hydrogen-bond acceptors (Lipinski definition) is 3. The van der Waals surface area contributed by atoms with Crippen molar-refractivity contribution in [2.45, 2.75) is 44.0 Å². The first kappa shape index (κ1) is 14.8. The molecule has 0 aromatic carbocycles. The zero-order chi connectivity index (χ0) is 13.0. The second-order valence-corrected chi connectivity index (χ2v) is 7.78. The molecular formula is C13H18Br2N2S. The van der Waals surface area contributed by atoms with E-state index in [-0.39, 0.29) is 0 Å². The summed E-state index contributed by atoms with van der Waals surface area (Å²) in [5.41, 5.74) is 1.09. The first-order valence-corrected chi connectivity index (χ1v) is 8.99. The molecule has 1 saturated carbocycles. The number of pyridine rings is 1. The zero-order valence-electron chi connectivity index (χ0n) is 10.5. The Morgan fingerprint density at radius 2 is 2.28 bits per heavy atom. The molecule has 1 aliphatic carbocycles. The molecule has 1 fully saturated rings. The van der Waals surface area contributed by atoms with Crippen molar-refractivity contribution < 1.29 is 0 Å². The quantitative estimate of drug-likeness (QED) is 0.803. The van der Waals surface area contributed by atoms with E-state index in [2.05, 4.69) is 66.9 Å². The van der Waals surface area contributed by atoms with Crippen LogP contribution in [0.1, 0.15) is 31.9 Å². The summed E-state index contributed by atoms with van der Waals surface area (Å²) >= 11 is 9.08. The highest BCUT2D eigenvalue weighted by molar-refractivity contribution is 9.11. The van der Waals surface area contributed by atoms with Gasteiger partial charge in [0, 0.05) is 33.0 Å². The third kappa shape index (κ3) is 3.95. The van der Waals surface area contributed by atoms with Crippen LogP contribution >= 0.6 is 43.6 Å². The standard InChI is InChI=1S/C13H18Br2N2S/c1-2-18-13-5-3-4-11(13)17-8-12-10(15)6-9(14)7-16-12/h6-7,11,13,17H,2-5,8H2,1H3. The Bertz CT molecular complexity index is 401. The van der Waals surface area contributed by atoms with E-state index >= 15 is 0 Å². The van der Waals surface area contributed by atoms with Crippen LogP contribution in [0.2, 0.25) is 0 Å². The highest BCUT2D eigenvalue weighted by Gasteiger charge is 2.26. The molecule has 2 nitrogen and oxygen atoms in total. The molecule has 1 aliphatic rings. The van der Waals surface area contributed by atoms with Gasteiger partial charge in [-0.1, -0.05) is 13.3 Å². The van der Waals surface area contributed by atoms with Gasteiger partial charge >= 0.3 is 0 Å². The fourth-order valence-corrected chi connectivity index (χ4v) is 4.73. The average Bonchev–Trinajstić information content (AvgIpc) is 2.76. The zero-order valence-corrected chi connectivity index (χ0v) is 14.4. The van der Waals surface area contributed by atoms with Gasteiger partial charge in [-0.2, -0.15) is 11.8 Å². The average molecular weight is 394 g/mol. The summed E-state index contributed by atoms with van der Waals surface area (Å²) in [6.45, 7) is 3.09. The van der Waals surface area contributed by atoms with Crippen LogP contribution in [0, 0.1) is 0 Å². The molecule has 5 heteroatoms. The minimum atomic E-state index is 0.646. The van der Waals surface area contributed by atoms with Crippen molar-refractivity contribution in [3.05, 3.63) is 26.9 Å². The number of thioether (sulfide) groups is 1. The Morgan fingerprint density at radius 1 is 1.44 bits per heavy atom. The van der Waals surface area contributed by atoms with E-state index in [4.69, 9.17) is 0 Å². The summed E-state index contributed by atoms with van der Waals surface area (Å²) in [6, 6.07) is 2.70. The van der Waals surface area contributed by atoms with Gasteiger partial charge in [-0.25, -0.2) is 0 Å². The van der Waals surface area contributed by atoms with Crippen molar-refractivity contribution in [2.75, 3.05) is 5.75 Å². The minimum absolute atomic E-state index is 0.646. The molecular weight excluding hydrogens is 376 g/mol. The van der Waals surface area contributed by atoms with Crippen molar-refractivity contribution in [1.82, 2.24) is 10.3 Å². The molecule has 2 rings (SSSR count). The van der Waals surface area contributed by atoms with Gasteiger partial charge in [0.25, 0.3) is 0 Å². The van der Waals surface area contributed by atoms with Gasteiger partial charge in [-0.15, -0.1) is 0 Å². The monoisotopic (exact) mass is 392 g/mol. The highest BCUT2D eigenvalue weighted by Crippen LogP contribution is 2.30. The highest BCUT2D eigenvalue weighted by atomic mass is 79.9. The summed E-state index contributed by atoms with van der Waals surface area (Å²) in [5.74, 6) is 1.21. The van der Waals surface area contributed by atoms with Crippen LogP contribution in [-0.4, -0.2) is 22.0 Å². The molecule has 0 radical (unpaired) electrons. The predicted molar refractivity (Wildman–Crippen MR) is 86.0 cm³/mol. The Morgan fingerprint density at radius 3 is 3.00 bits per heavy atom. The van der Waals surface area contributed by atoms with Crippen LogP contribution in [0.4, 0.5) is 0 Å². The predicted octanol–water partition coefficient (Wildman–Crippen LogP) is 4.37. The lowest BCUT2D eigenvalue weighted by molar-refractivity contribution is 0.526. The summed E-state index contributed by atoms with van der Waals surface area (Å²) in [5, 5.41) is 4.45. The number of nitrogens with one attached hydrogen (secondary N) is 1. The Balaban J connectivity index is 1.90. The smallest absolute Gasteiger partial charge is 0.0684 e. The summed E-state index contributed by atoms with van der Waals surface area (Å²) in [4.78, 5) is 4.45. The molecule has 0 amide bonds. The van der Waals surface area contributed by atoms with Crippen molar-refractivity contribution in [2.24, 2.45) is 0 Å². The summed E-state index contributed by atoms with van der Waals surface area (Å²) in [7, 11) is 0. The van der Waals surface area contributed by atoms with Crippen molar-refractivity contribution >= 4 is 43.6 Å². The molecule has 2 atom stereocenters. The normalized spacial score (nSPS) is 23.5. The third-order valence-corrected chi connectivity index (χ3v) is 5.70. The summed E-state index contributed by atoms with van der Waals surface area (Å²) < 4.78 is 2.08. The minimum Gasteiger partial charge on any atom is -0.307 e. The second kappa shape index (κ2) is 7.27. The van der Waals surface area contributed by atoms with Crippen molar-refractivity contribution in [1.29, 1.82) is 0 Å². The van der Waals surface area contributed by atoms with E-state index in [0.717, 1.165) is 26.4 Å². The third-order valence-electron chi connectivity index (χ3n) is 3.25. The van der Waals surface area contributed by atoms with Gasteiger partial charge in [0.1, 0.15) is 0 Å². The molecule has 0 aliphatic heterocycles. The first-order valence-electron chi connectivity index (χ1n) is 6.35. The number of nitrogens with zero attached hydrogens (tertiary/aromatic N) is 1. The molecule has 2 unspecified atom stereocenters. The van der Waals surface area contributed by atoms with E-state index in [1.807, 2.05) is 6.20 Å². The van der Waals surface area contributed by atoms with Crippen LogP contribution in [-0.2, 0) is 6.54 Å². The SMILES string of the molecule is CCSC1CCCC1NCc1ncc(Br)cc1Br. The van der Waals surface area contributed by atoms with E-state index in [9.17, 15) is 0 Å². The molecule has 1 heterocycles.